The number of halogens is 6. The number of rotatable bonds is 7. The molecule has 4 rings (SSSR count). The molecule has 0 saturated heterocycles. The summed E-state index contributed by atoms with van der Waals surface area (Å²) in [5, 5.41) is 9.35. The topological polar surface area (TPSA) is 93.5 Å². The molecule has 7 nitrogen and oxygen atoms in total. The van der Waals surface area contributed by atoms with Crippen LogP contribution < -0.4 is 20.7 Å². The second-order valence-electron chi connectivity index (χ2n) is 8.15. The smallest absolute Gasteiger partial charge is 0.485 e. The Hall–Kier alpha value is -3.78. The molecule has 14 heteroatoms. The summed E-state index contributed by atoms with van der Waals surface area (Å²) in [5.41, 5.74) is -1.04. The van der Waals surface area contributed by atoms with E-state index in [1.807, 2.05) is 4.98 Å². The number of hydrogen-bond donors (Lipinski definition) is 2. The van der Waals surface area contributed by atoms with E-state index in [1.165, 1.54) is 19.1 Å². The van der Waals surface area contributed by atoms with Crippen molar-refractivity contribution in [2.75, 3.05) is 0 Å². The van der Waals surface area contributed by atoms with Gasteiger partial charge >= 0.3 is 18.2 Å². The van der Waals surface area contributed by atoms with E-state index < -0.39 is 42.2 Å². The van der Waals surface area contributed by atoms with Gasteiger partial charge in [-0.15, -0.1) is 24.5 Å². The van der Waals surface area contributed by atoms with Gasteiger partial charge in [0.1, 0.15) is 11.4 Å². The second-order valence-corrected chi connectivity index (χ2v) is 9.15. The van der Waals surface area contributed by atoms with Crippen molar-refractivity contribution in [1.82, 2.24) is 9.55 Å². The van der Waals surface area contributed by atoms with Gasteiger partial charge in [0, 0.05) is 4.88 Å². The molecule has 2 aromatic carbocycles. The second kappa shape index (κ2) is 10.2. The summed E-state index contributed by atoms with van der Waals surface area (Å²) >= 11 is 0.714. The molecule has 1 atom stereocenters. The molecule has 1 unspecified atom stereocenters. The van der Waals surface area contributed by atoms with Gasteiger partial charge in [-0.2, -0.15) is 13.2 Å². The number of H-pyrrole nitrogens is 1. The van der Waals surface area contributed by atoms with Crippen LogP contribution >= 0.6 is 11.3 Å². The maximum absolute atomic E-state index is 13.2. The number of aliphatic hydroxyl groups excluding tert-OH is 1. The highest BCUT2D eigenvalue weighted by atomic mass is 32.1. The zero-order valence-electron chi connectivity index (χ0n) is 19.3. The number of aliphatic hydroxyl groups is 1. The van der Waals surface area contributed by atoms with Gasteiger partial charge in [0.25, 0.3) is 5.56 Å². The van der Waals surface area contributed by atoms with Crippen molar-refractivity contribution in [1.29, 1.82) is 0 Å². The number of alkyl halides is 6. The van der Waals surface area contributed by atoms with Gasteiger partial charge in [-0.3, -0.25) is 14.3 Å². The van der Waals surface area contributed by atoms with E-state index in [1.54, 1.807) is 30.3 Å². The Morgan fingerprint density at radius 3 is 2.34 bits per heavy atom. The van der Waals surface area contributed by atoms with Gasteiger partial charge in [0.05, 0.1) is 11.9 Å². The molecule has 0 aliphatic heterocycles. The van der Waals surface area contributed by atoms with Crippen LogP contribution in [0.3, 0.4) is 0 Å². The number of nitrogens with zero attached hydrogens (tertiary/aromatic N) is 1. The molecule has 2 aromatic heterocycles. The summed E-state index contributed by atoms with van der Waals surface area (Å²) in [6.45, 7) is 0.186. The highest BCUT2D eigenvalue weighted by molar-refractivity contribution is 7.22. The van der Waals surface area contributed by atoms with E-state index in [-0.39, 0.29) is 38.6 Å². The average molecular weight is 560 g/mol. The maximum atomic E-state index is 13.2. The van der Waals surface area contributed by atoms with Crippen LogP contribution in [0.5, 0.6) is 11.5 Å². The first-order valence-corrected chi connectivity index (χ1v) is 11.6. The van der Waals surface area contributed by atoms with E-state index in [4.69, 9.17) is 4.74 Å². The fourth-order valence-corrected chi connectivity index (χ4v) is 5.01. The van der Waals surface area contributed by atoms with Crippen molar-refractivity contribution in [2.24, 2.45) is 0 Å². The Morgan fingerprint density at radius 2 is 1.71 bits per heavy atom. The molecule has 0 aliphatic rings. The number of thiophene rings is 1. The molecule has 0 radical (unpaired) electrons. The van der Waals surface area contributed by atoms with Crippen LogP contribution in [0.4, 0.5) is 26.3 Å². The van der Waals surface area contributed by atoms with Crippen molar-refractivity contribution >= 4 is 21.6 Å². The summed E-state index contributed by atoms with van der Waals surface area (Å²) in [7, 11) is 0. The standard InChI is InChI=1S/C24H18F6N2O5S/c1-12-18-20(34)31-22(35)32(10-17(33)23(25,26)27)21(18)38-19(12)14-7-8-15(16(9-14)37-24(28,29)30)36-11-13-5-3-2-4-6-13/h2-9,17,33H,10-11H2,1H3,(H,31,34,35). The predicted octanol–water partition coefficient (Wildman–Crippen LogP) is 5.13. The predicted molar refractivity (Wildman–Crippen MR) is 126 cm³/mol. The Kier molecular flexibility index (Phi) is 7.30. The number of fused-ring (bicyclic) bond motifs is 1. The van der Waals surface area contributed by atoms with Crippen LogP contribution in [-0.4, -0.2) is 33.3 Å². The summed E-state index contributed by atoms with van der Waals surface area (Å²) in [6.07, 6.45) is -13.0. The number of aryl methyl sites for hydroxylation is 1. The van der Waals surface area contributed by atoms with Crippen LogP contribution in [0.2, 0.25) is 0 Å². The van der Waals surface area contributed by atoms with E-state index in [0.29, 0.717) is 21.5 Å². The first kappa shape index (κ1) is 27.3. The molecule has 0 fully saturated rings. The minimum Gasteiger partial charge on any atom is -0.485 e. The molecule has 2 heterocycles. The van der Waals surface area contributed by atoms with E-state index in [2.05, 4.69) is 4.74 Å². The first-order valence-electron chi connectivity index (χ1n) is 10.8. The third-order valence-corrected chi connectivity index (χ3v) is 6.83. The van der Waals surface area contributed by atoms with Crippen molar-refractivity contribution in [3.8, 4) is 21.9 Å². The lowest BCUT2D eigenvalue weighted by atomic mass is 10.1. The van der Waals surface area contributed by atoms with Crippen molar-refractivity contribution in [2.45, 2.75) is 38.7 Å². The zero-order chi connectivity index (χ0) is 27.8. The molecule has 4 aromatic rings. The molecule has 0 amide bonds. The van der Waals surface area contributed by atoms with Crippen LogP contribution in [0, 0.1) is 6.92 Å². The number of hydrogen-bond acceptors (Lipinski definition) is 6. The summed E-state index contributed by atoms with van der Waals surface area (Å²) in [4.78, 5) is 26.7. The minimum atomic E-state index is -5.07. The lowest BCUT2D eigenvalue weighted by molar-refractivity contribution is -0.275. The average Bonchev–Trinajstić information content (AvgIpc) is 3.17. The number of aromatic amines is 1. The highest BCUT2D eigenvalue weighted by Crippen LogP contribution is 2.41. The van der Waals surface area contributed by atoms with E-state index >= 15 is 0 Å². The van der Waals surface area contributed by atoms with Crippen LogP contribution in [0.25, 0.3) is 20.7 Å². The third-order valence-electron chi connectivity index (χ3n) is 5.47. The van der Waals surface area contributed by atoms with Crippen LogP contribution in [0.1, 0.15) is 11.1 Å². The Bertz CT molecular complexity index is 1570. The van der Waals surface area contributed by atoms with Crippen molar-refractivity contribution in [3.05, 3.63) is 80.5 Å². The molecular weight excluding hydrogens is 542 g/mol. The minimum absolute atomic E-state index is 0.0560. The summed E-state index contributed by atoms with van der Waals surface area (Å²) in [6, 6.07) is 12.3. The van der Waals surface area contributed by atoms with Gasteiger partial charge in [-0.05, 0) is 41.8 Å². The van der Waals surface area contributed by atoms with Gasteiger partial charge in [0.2, 0.25) is 0 Å². The lowest BCUT2D eigenvalue weighted by Gasteiger charge is -2.16. The SMILES string of the molecule is Cc1c(-c2ccc(OCc3ccccc3)c(OC(F)(F)F)c2)sc2c1c(=O)[nH]c(=O)n2CC(O)C(F)(F)F. The number of aromatic nitrogens is 2. The van der Waals surface area contributed by atoms with Gasteiger partial charge in [-0.25, -0.2) is 4.79 Å². The zero-order valence-corrected chi connectivity index (χ0v) is 20.1. The van der Waals surface area contributed by atoms with E-state index in [9.17, 15) is 41.0 Å². The fraction of sp³-hybridized carbons (Fsp3) is 0.250. The molecule has 0 saturated carbocycles. The molecule has 202 valence electrons. The quantitative estimate of drug-likeness (QED) is 0.306. The molecule has 0 bridgehead atoms. The molecule has 2 N–H and O–H groups in total. The van der Waals surface area contributed by atoms with Crippen molar-refractivity contribution < 1.29 is 40.9 Å². The number of nitrogens with one attached hydrogen (secondary N) is 1. The third kappa shape index (κ3) is 5.86. The molecule has 0 spiro atoms. The number of ether oxygens (including phenoxy) is 2. The first-order chi connectivity index (χ1) is 17.7. The Morgan fingerprint density at radius 1 is 1.03 bits per heavy atom. The molecular formula is C24H18F6N2O5S. The summed E-state index contributed by atoms with van der Waals surface area (Å²) < 4.78 is 88.5. The molecule has 0 aliphatic carbocycles. The Labute approximate surface area is 213 Å². The largest absolute Gasteiger partial charge is 0.573 e. The maximum Gasteiger partial charge on any atom is 0.573 e. The molecule has 38 heavy (non-hydrogen) atoms. The van der Waals surface area contributed by atoms with Gasteiger partial charge in [0.15, 0.2) is 17.6 Å². The monoisotopic (exact) mass is 560 g/mol. The Balaban J connectivity index is 1.80. The van der Waals surface area contributed by atoms with Gasteiger partial charge < -0.3 is 14.6 Å². The van der Waals surface area contributed by atoms with Gasteiger partial charge in [-0.1, -0.05) is 30.3 Å². The lowest BCUT2D eigenvalue weighted by Crippen LogP contribution is -2.38. The van der Waals surface area contributed by atoms with Crippen LogP contribution in [-0.2, 0) is 13.2 Å². The fourth-order valence-electron chi connectivity index (χ4n) is 3.70. The highest BCUT2D eigenvalue weighted by Gasteiger charge is 2.39. The normalized spacial score (nSPS) is 13.1. The summed E-state index contributed by atoms with van der Waals surface area (Å²) in [5.74, 6) is -0.904. The van der Waals surface area contributed by atoms with Crippen LogP contribution in [0.15, 0.2) is 58.1 Å². The number of benzene rings is 2. The van der Waals surface area contributed by atoms with E-state index in [0.717, 1.165) is 6.07 Å². The van der Waals surface area contributed by atoms with Crippen molar-refractivity contribution in [3.63, 3.8) is 0 Å².